The second-order valence-electron chi connectivity index (χ2n) is 4.19. The number of hydrogen-bond donors (Lipinski definition) is 1. The summed E-state index contributed by atoms with van der Waals surface area (Å²) in [5, 5.41) is 3.14. The van der Waals surface area contributed by atoms with Crippen LogP contribution in [0.5, 0.6) is 0 Å². The van der Waals surface area contributed by atoms with Gasteiger partial charge in [0.15, 0.2) is 0 Å². The number of aryl methyl sites for hydroxylation is 2. The van der Waals surface area contributed by atoms with Crippen molar-refractivity contribution >= 4 is 11.3 Å². The Kier molecular flexibility index (Phi) is 2.50. The number of aromatic nitrogens is 1. The fourth-order valence-corrected chi connectivity index (χ4v) is 3.07. The Morgan fingerprint density at radius 2 is 2.12 bits per heavy atom. The lowest BCUT2D eigenvalue weighted by molar-refractivity contribution is 0.912. The van der Waals surface area contributed by atoms with Gasteiger partial charge in [0.05, 0.1) is 5.69 Å². The predicted octanol–water partition coefficient (Wildman–Crippen LogP) is 2.76. The minimum atomic E-state index is 0.529. The molecule has 82 valence electrons. The van der Waals surface area contributed by atoms with Gasteiger partial charge in [0.25, 0.3) is 0 Å². The smallest absolute Gasteiger partial charge is 0.123 e. The number of rotatable bonds is 2. The molecule has 0 saturated heterocycles. The molecule has 0 amide bonds. The molecule has 0 saturated carbocycles. The summed E-state index contributed by atoms with van der Waals surface area (Å²) < 4.78 is 0. The van der Waals surface area contributed by atoms with Crippen molar-refractivity contribution in [3.63, 3.8) is 0 Å². The summed E-state index contributed by atoms with van der Waals surface area (Å²) in [5.41, 5.74) is 10.8. The van der Waals surface area contributed by atoms with Crippen molar-refractivity contribution in [3.05, 3.63) is 40.4 Å². The molecule has 1 aliphatic carbocycles. The molecule has 0 aliphatic heterocycles. The van der Waals surface area contributed by atoms with Crippen LogP contribution in [0.1, 0.15) is 23.2 Å². The van der Waals surface area contributed by atoms with E-state index in [1.165, 1.54) is 36.0 Å². The summed E-state index contributed by atoms with van der Waals surface area (Å²) in [6.45, 7) is 0.529. The first-order chi connectivity index (χ1) is 7.86. The van der Waals surface area contributed by atoms with Gasteiger partial charge < -0.3 is 5.73 Å². The van der Waals surface area contributed by atoms with Crippen LogP contribution in [0.4, 0.5) is 0 Å². The van der Waals surface area contributed by atoms with E-state index in [0.29, 0.717) is 6.54 Å². The van der Waals surface area contributed by atoms with E-state index < -0.39 is 0 Å². The third-order valence-corrected chi connectivity index (χ3v) is 4.05. The van der Waals surface area contributed by atoms with Gasteiger partial charge >= 0.3 is 0 Å². The van der Waals surface area contributed by atoms with Crippen LogP contribution in [0.15, 0.2) is 23.6 Å². The van der Waals surface area contributed by atoms with E-state index in [1.54, 1.807) is 11.3 Å². The number of hydrogen-bond acceptors (Lipinski definition) is 3. The summed E-state index contributed by atoms with van der Waals surface area (Å²) in [6.07, 6.45) is 3.75. The maximum atomic E-state index is 5.58. The van der Waals surface area contributed by atoms with Gasteiger partial charge in [-0.3, -0.25) is 0 Å². The van der Waals surface area contributed by atoms with Gasteiger partial charge in [-0.25, -0.2) is 4.98 Å². The highest BCUT2D eigenvalue weighted by Crippen LogP contribution is 2.29. The molecule has 0 unspecified atom stereocenters. The van der Waals surface area contributed by atoms with Crippen LogP contribution in [0.25, 0.3) is 10.6 Å². The zero-order chi connectivity index (χ0) is 11.0. The van der Waals surface area contributed by atoms with Gasteiger partial charge in [-0.2, -0.15) is 0 Å². The van der Waals surface area contributed by atoms with Crippen LogP contribution >= 0.6 is 11.3 Å². The summed E-state index contributed by atoms with van der Waals surface area (Å²) in [5.74, 6) is 0. The van der Waals surface area contributed by atoms with Crippen LogP contribution in [0.2, 0.25) is 0 Å². The zero-order valence-electron chi connectivity index (χ0n) is 9.07. The lowest BCUT2D eigenvalue weighted by atomic mass is 10.1. The minimum absolute atomic E-state index is 0.529. The minimum Gasteiger partial charge on any atom is -0.325 e. The van der Waals surface area contributed by atoms with E-state index >= 15 is 0 Å². The van der Waals surface area contributed by atoms with E-state index in [-0.39, 0.29) is 0 Å². The summed E-state index contributed by atoms with van der Waals surface area (Å²) in [6, 6.07) is 6.73. The molecular formula is C13H14N2S. The summed E-state index contributed by atoms with van der Waals surface area (Å²) in [7, 11) is 0. The van der Waals surface area contributed by atoms with E-state index in [0.717, 1.165) is 10.7 Å². The summed E-state index contributed by atoms with van der Waals surface area (Å²) in [4.78, 5) is 4.52. The molecule has 2 aromatic rings. The first-order valence-electron chi connectivity index (χ1n) is 5.63. The Labute approximate surface area is 99.1 Å². The molecule has 16 heavy (non-hydrogen) atoms. The molecule has 0 bridgehead atoms. The Morgan fingerprint density at radius 1 is 1.25 bits per heavy atom. The Balaban J connectivity index is 2.00. The SMILES string of the molecule is NCc1csc(-c2ccc3c(c2)CCC3)n1. The number of thiazole rings is 1. The molecule has 1 aromatic carbocycles. The third-order valence-electron chi connectivity index (χ3n) is 3.11. The highest BCUT2D eigenvalue weighted by Gasteiger charge is 2.12. The molecule has 2 N–H and O–H groups in total. The first-order valence-corrected chi connectivity index (χ1v) is 6.51. The molecule has 3 rings (SSSR count). The van der Waals surface area contributed by atoms with Gasteiger partial charge in [0.1, 0.15) is 5.01 Å². The van der Waals surface area contributed by atoms with Crippen molar-refractivity contribution in [2.75, 3.05) is 0 Å². The molecule has 1 aliphatic rings. The van der Waals surface area contributed by atoms with Crippen molar-refractivity contribution < 1.29 is 0 Å². The topological polar surface area (TPSA) is 38.9 Å². The fraction of sp³-hybridized carbons (Fsp3) is 0.308. The van der Waals surface area contributed by atoms with Crippen molar-refractivity contribution in [2.45, 2.75) is 25.8 Å². The third kappa shape index (κ3) is 1.66. The van der Waals surface area contributed by atoms with Crippen molar-refractivity contribution in [2.24, 2.45) is 5.73 Å². The molecule has 0 radical (unpaired) electrons. The normalized spacial score (nSPS) is 14.1. The molecule has 0 atom stereocenters. The average Bonchev–Trinajstić information content (AvgIpc) is 2.96. The van der Waals surface area contributed by atoms with Crippen LogP contribution in [-0.2, 0) is 19.4 Å². The quantitative estimate of drug-likeness (QED) is 0.861. The largest absolute Gasteiger partial charge is 0.325 e. The van der Waals surface area contributed by atoms with Gasteiger partial charge in [-0.1, -0.05) is 12.1 Å². The lowest BCUT2D eigenvalue weighted by Crippen LogP contribution is -1.95. The Hall–Kier alpha value is -1.19. The van der Waals surface area contributed by atoms with Gasteiger partial charge in [-0.05, 0) is 36.5 Å². The Morgan fingerprint density at radius 3 is 2.94 bits per heavy atom. The van der Waals surface area contributed by atoms with Gasteiger partial charge in [0.2, 0.25) is 0 Å². The lowest BCUT2D eigenvalue weighted by Gasteiger charge is -2.01. The molecule has 1 aromatic heterocycles. The van der Waals surface area contributed by atoms with Gasteiger partial charge in [-0.15, -0.1) is 11.3 Å². The predicted molar refractivity (Wildman–Crippen MR) is 67.5 cm³/mol. The summed E-state index contributed by atoms with van der Waals surface area (Å²) >= 11 is 1.68. The number of fused-ring (bicyclic) bond motifs is 1. The molecule has 2 nitrogen and oxygen atoms in total. The Bertz CT molecular complexity index is 516. The van der Waals surface area contributed by atoms with Crippen LogP contribution < -0.4 is 5.73 Å². The van der Waals surface area contributed by atoms with E-state index in [2.05, 4.69) is 23.2 Å². The van der Waals surface area contributed by atoms with Crippen molar-refractivity contribution in [1.29, 1.82) is 0 Å². The highest BCUT2D eigenvalue weighted by atomic mass is 32.1. The van der Waals surface area contributed by atoms with Gasteiger partial charge in [0, 0.05) is 17.5 Å². The monoisotopic (exact) mass is 230 g/mol. The molecule has 0 fully saturated rings. The van der Waals surface area contributed by atoms with Crippen LogP contribution in [-0.4, -0.2) is 4.98 Å². The highest BCUT2D eigenvalue weighted by molar-refractivity contribution is 7.13. The molecule has 0 spiro atoms. The first kappa shape index (κ1) is 10.00. The fourth-order valence-electron chi connectivity index (χ4n) is 2.24. The van der Waals surface area contributed by atoms with Crippen molar-refractivity contribution in [1.82, 2.24) is 4.98 Å². The van der Waals surface area contributed by atoms with E-state index in [1.807, 2.05) is 5.38 Å². The maximum absolute atomic E-state index is 5.58. The zero-order valence-corrected chi connectivity index (χ0v) is 9.89. The molecular weight excluding hydrogens is 216 g/mol. The maximum Gasteiger partial charge on any atom is 0.123 e. The van der Waals surface area contributed by atoms with Crippen LogP contribution in [0.3, 0.4) is 0 Å². The average molecular weight is 230 g/mol. The molecule has 3 heteroatoms. The van der Waals surface area contributed by atoms with Crippen LogP contribution in [0, 0.1) is 0 Å². The number of nitrogens with zero attached hydrogens (tertiary/aromatic N) is 1. The second kappa shape index (κ2) is 4.00. The number of nitrogens with two attached hydrogens (primary N) is 1. The molecule has 1 heterocycles. The van der Waals surface area contributed by atoms with E-state index in [4.69, 9.17) is 5.73 Å². The second-order valence-corrected chi connectivity index (χ2v) is 5.04. The van der Waals surface area contributed by atoms with E-state index in [9.17, 15) is 0 Å². The number of benzene rings is 1. The van der Waals surface area contributed by atoms with Crippen molar-refractivity contribution in [3.8, 4) is 10.6 Å². The standard InChI is InChI=1S/C13H14N2S/c14-7-12-8-16-13(15-12)11-5-4-9-2-1-3-10(9)6-11/h4-6,8H,1-3,7,14H2.